The Morgan fingerprint density at radius 2 is 1.96 bits per heavy atom. The van der Waals surface area contributed by atoms with Crippen LogP contribution in [0.1, 0.15) is 11.1 Å². The fourth-order valence-electron chi connectivity index (χ4n) is 2.13. The third kappa shape index (κ3) is 4.69. The zero-order valence-corrected chi connectivity index (χ0v) is 13.0. The number of anilines is 1. The summed E-state index contributed by atoms with van der Waals surface area (Å²) in [6, 6.07) is 8.05. The summed E-state index contributed by atoms with van der Waals surface area (Å²) in [5.74, 6) is -0.502. The second kappa shape index (κ2) is 7.20. The van der Waals surface area contributed by atoms with Gasteiger partial charge < -0.3 is 10.1 Å². The number of hydrogen-bond acceptors (Lipinski definition) is 4. The van der Waals surface area contributed by atoms with Crippen LogP contribution < -0.4 is 10.1 Å². The Kier molecular flexibility index (Phi) is 5.26. The smallest absolute Gasteiger partial charge is 0.416 e. The van der Waals surface area contributed by atoms with Gasteiger partial charge in [0.15, 0.2) is 0 Å². The Hall–Kier alpha value is -3.10. The van der Waals surface area contributed by atoms with Gasteiger partial charge in [0.05, 0.1) is 35.8 Å². The van der Waals surface area contributed by atoms with Gasteiger partial charge in [-0.1, -0.05) is 18.2 Å². The SMILES string of the molecule is COc1cc([N+](=O)[O-])ccc1NC(=O)Cc1cccc(C(F)(F)F)c1. The first-order valence-electron chi connectivity index (χ1n) is 6.99. The lowest BCUT2D eigenvalue weighted by Crippen LogP contribution is -2.15. The number of carbonyl (C=O) groups is 1. The molecule has 1 amide bonds. The summed E-state index contributed by atoms with van der Waals surface area (Å²) in [5.41, 5.74) is -0.684. The summed E-state index contributed by atoms with van der Waals surface area (Å²) in [5, 5.41) is 13.2. The first-order chi connectivity index (χ1) is 11.7. The van der Waals surface area contributed by atoms with Crippen LogP contribution in [0.25, 0.3) is 0 Å². The van der Waals surface area contributed by atoms with Crippen molar-refractivity contribution < 1.29 is 27.6 Å². The molecule has 0 aliphatic heterocycles. The number of methoxy groups -OCH3 is 1. The number of non-ortho nitro benzene ring substituents is 1. The number of nitro groups is 1. The molecular formula is C16H13F3N2O4. The van der Waals surface area contributed by atoms with Crippen LogP contribution in [0.4, 0.5) is 24.5 Å². The molecule has 0 bridgehead atoms. The van der Waals surface area contributed by atoms with Crippen molar-refractivity contribution in [2.45, 2.75) is 12.6 Å². The lowest BCUT2D eigenvalue weighted by atomic mass is 10.1. The van der Waals surface area contributed by atoms with E-state index in [0.29, 0.717) is 0 Å². The van der Waals surface area contributed by atoms with E-state index in [1.807, 2.05) is 0 Å². The van der Waals surface area contributed by atoms with Gasteiger partial charge in [0, 0.05) is 6.07 Å². The van der Waals surface area contributed by atoms with E-state index in [-0.39, 0.29) is 29.1 Å². The van der Waals surface area contributed by atoms with Crippen LogP contribution in [-0.4, -0.2) is 17.9 Å². The second-order valence-electron chi connectivity index (χ2n) is 5.06. The second-order valence-corrected chi connectivity index (χ2v) is 5.06. The Labute approximate surface area is 140 Å². The molecule has 132 valence electrons. The minimum atomic E-state index is -4.49. The molecular weight excluding hydrogens is 341 g/mol. The topological polar surface area (TPSA) is 81.5 Å². The van der Waals surface area contributed by atoms with Gasteiger partial charge in [-0.25, -0.2) is 0 Å². The van der Waals surface area contributed by atoms with E-state index in [2.05, 4.69) is 5.32 Å². The monoisotopic (exact) mass is 354 g/mol. The highest BCUT2D eigenvalue weighted by Gasteiger charge is 2.30. The number of carbonyl (C=O) groups excluding carboxylic acids is 1. The summed E-state index contributed by atoms with van der Waals surface area (Å²) in [4.78, 5) is 22.2. The van der Waals surface area contributed by atoms with Crippen molar-refractivity contribution in [1.29, 1.82) is 0 Å². The molecule has 0 aliphatic carbocycles. The highest BCUT2D eigenvalue weighted by molar-refractivity contribution is 5.93. The van der Waals surface area contributed by atoms with Gasteiger partial charge in [-0.2, -0.15) is 13.2 Å². The van der Waals surface area contributed by atoms with Gasteiger partial charge in [-0.15, -0.1) is 0 Å². The molecule has 0 aromatic heterocycles. The summed E-state index contributed by atoms with van der Waals surface area (Å²) < 4.78 is 43.0. The van der Waals surface area contributed by atoms with Crippen molar-refractivity contribution in [2.24, 2.45) is 0 Å². The van der Waals surface area contributed by atoms with E-state index in [4.69, 9.17) is 4.74 Å². The molecule has 2 aromatic carbocycles. The van der Waals surface area contributed by atoms with E-state index < -0.39 is 22.6 Å². The summed E-state index contributed by atoms with van der Waals surface area (Å²) in [6.45, 7) is 0. The number of halogens is 3. The molecule has 0 fully saturated rings. The number of alkyl halides is 3. The van der Waals surface area contributed by atoms with Crippen molar-refractivity contribution >= 4 is 17.3 Å². The Morgan fingerprint density at radius 3 is 2.56 bits per heavy atom. The van der Waals surface area contributed by atoms with Crippen molar-refractivity contribution in [3.8, 4) is 5.75 Å². The molecule has 1 N–H and O–H groups in total. The van der Waals surface area contributed by atoms with Gasteiger partial charge in [-0.05, 0) is 17.7 Å². The maximum Gasteiger partial charge on any atom is 0.416 e. The van der Waals surface area contributed by atoms with Gasteiger partial charge in [0.1, 0.15) is 5.75 Å². The molecule has 0 saturated heterocycles. The third-order valence-electron chi connectivity index (χ3n) is 3.29. The van der Waals surface area contributed by atoms with Gasteiger partial charge in [0.2, 0.25) is 5.91 Å². The maximum atomic E-state index is 12.7. The lowest BCUT2D eigenvalue weighted by Gasteiger charge is -2.11. The fraction of sp³-hybridized carbons (Fsp3) is 0.188. The number of nitrogens with one attached hydrogen (secondary N) is 1. The van der Waals surface area contributed by atoms with Crippen LogP contribution in [-0.2, 0) is 17.4 Å². The number of amides is 1. The molecule has 0 radical (unpaired) electrons. The van der Waals surface area contributed by atoms with Crippen LogP contribution in [0, 0.1) is 10.1 Å². The molecule has 6 nitrogen and oxygen atoms in total. The number of nitrogens with zero attached hydrogens (tertiary/aromatic N) is 1. The average Bonchev–Trinajstić information content (AvgIpc) is 2.54. The van der Waals surface area contributed by atoms with Crippen LogP contribution in [0.5, 0.6) is 5.75 Å². The Balaban J connectivity index is 2.14. The number of rotatable bonds is 5. The van der Waals surface area contributed by atoms with Crippen molar-refractivity contribution in [3.05, 3.63) is 63.7 Å². The average molecular weight is 354 g/mol. The zero-order chi connectivity index (χ0) is 18.6. The maximum absolute atomic E-state index is 12.7. The minimum absolute atomic E-state index is 0.0755. The molecule has 0 aliphatic rings. The van der Waals surface area contributed by atoms with Gasteiger partial charge in [0.25, 0.3) is 5.69 Å². The largest absolute Gasteiger partial charge is 0.494 e. The molecule has 0 unspecified atom stereocenters. The first-order valence-corrected chi connectivity index (χ1v) is 6.99. The fourth-order valence-corrected chi connectivity index (χ4v) is 2.13. The number of nitro benzene ring substituents is 1. The molecule has 0 spiro atoms. The lowest BCUT2D eigenvalue weighted by molar-refractivity contribution is -0.384. The van der Waals surface area contributed by atoms with Crippen LogP contribution in [0.3, 0.4) is 0 Å². The summed E-state index contributed by atoms with van der Waals surface area (Å²) >= 11 is 0. The van der Waals surface area contributed by atoms with E-state index in [1.54, 1.807) is 0 Å². The summed E-state index contributed by atoms with van der Waals surface area (Å²) in [6.07, 6.45) is -4.78. The minimum Gasteiger partial charge on any atom is -0.494 e. The predicted molar refractivity (Wildman–Crippen MR) is 83.4 cm³/mol. The third-order valence-corrected chi connectivity index (χ3v) is 3.29. The van der Waals surface area contributed by atoms with Crippen LogP contribution in [0.15, 0.2) is 42.5 Å². The standard InChI is InChI=1S/C16H13F3N2O4/c1-25-14-9-12(21(23)24)5-6-13(14)20-15(22)8-10-3-2-4-11(7-10)16(17,18)19/h2-7,9H,8H2,1H3,(H,20,22). The summed E-state index contributed by atoms with van der Waals surface area (Å²) in [7, 11) is 1.28. The first kappa shape index (κ1) is 18.2. The molecule has 0 heterocycles. The molecule has 25 heavy (non-hydrogen) atoms. The van der Waals surface area contributed by atoms with Crippen LogP contribution >= 0.6 is 0 Å². The van der Waals surface area contributed by atoms with Gasteiger partial charge in [-0.3, -0.25) is 14.9 Å². The van der Waals surface area contributed by atoms with Crippen molar-refractivity contribution in [3.63, 3.8) is 0 Å². The van der Waals surface area contributed by atoms with Crippen molar-refractivity contribution in [1.82, 2.24) is 0 Å². The molecule has 0 atom stereocenters. The molecule has 2 rings (SSSR count). The molecule has 0 saturated carbocycles. The Bertz CT molecular complexity index is 806. The van der Waals surface area contributed by atoms with E-state index in [9.17, 15) is 28.1 Å². The molecule has 2 aromatic rings. The van der Waals surface area contributed by atoms with E-state index >= 15 is 0 Å². The highest BCUT2D eigenvalue weighted by Crippen LogP contribution is 2.31. The zero-order valence-electron chi connectivity index (χ0n) is 13.0. The van der Waals surface area contributed by atoms with Crippen molar-refractivity contribution in [2.75, 3.05) is 12.4 Å². The van der Waals surface area contributed by atoms with E-state index in [0.717, 1.165) is 18.2 Å². The van der Waals surface area contributed by atoms with Gasteiger partial charge >= 0.3 is 6.18 Å². The number of hydrogen-bond donors (Lipinski definition) is 1. The molecule has 9 heteroatoms. The normalized spacial score (nSPS) is 11.0. The van der Waals surface area contributed by atoms with Crippen LogP contribution in [0.2, 0.25) is 0 Å². The number of benzene rings is 2. The Morgan fingerprint density at radius 1 is 1.24 bits per heavy atom. The quantitative estimate of drug-likeness (QED) is 0.654. The predicted octanol–water partition coefficient (Wildman–Crippen LogP) is 3.80. The van der Waals surface area contributed by atoms with E-state index in [1.165, 1.54) is 31.4 Å². The highest BCUT2D eigenvalue weighted by atomic mass is 19.4. The number of ether oxygens (including phenoxy) is 1.